The van der Waals surface area contributed by atoms with Crippen molar-refractivity contribution in [2.24, 2.45) is 0 Å². The molecule has 5 heteroatoms. The Morgan fingerprint density at radius 1 is 1.22 bits per heavy atom. The van der Waals surface area contributed by atoms with E-state index >= 15 is 0 Å². The van der Waals surface area contributed by atoms with Crippen LogP contribution >= 0.6 is 11.8 Å². The molecule has 2 heterocycles. The van der Waals surface area contributed by atoms with Gasteiger partial charge in [-0.25, -0.2) is 14.8 Å². The molecule has 0 fully saturated rings. The molecule has 92 valence electrons. The number of pyridine rings is 2. The Morgan fingerprint density at radius 2 is 2.06 bits per heavy atom. The lowest BCUT2D eigenvalue weighted by atomic mass is 10.3. The average molecular weight is 260 g/mol. The van der Waals surface area contributed by atoms with E-state index in [0.717, 1.165) is 10.1 Å². The maximum absolute atomic E-state index is 11.4. The molecular formula is C13H12N2O2S. The summed E-state index contributed by atoms with van der Waals surface area (Å²) < 4.78 is 4.89. The Balaban J connectivity index is 2.06. The van der Waals surface area contributed by atoms with Gasteiger partial charge in [-0.05, 0) is 31.2 Å². The molecule has 2 rings (SSSR count). The lowest BCUT2D eigenvalue weighted by Gasteiger charge is -2.02. The molecule has 4 nitrogen and oxygen atoms in total. The summed E-state index contributed by atoms with van der Waals surface area (Å²) >= 11 is 1.45. The molecule has 0 saturated heterocycles. The van der Waals surface area contributed by atoms with E-state index < -0.39 is 0 Å². The van der Waals surface area contributed by atoms with Gasteiger partial charge in [-0.15, -0.1) is 0 Å². The predicted octanol–water partition coefficient (Wildman–Crippen LogP) is 2.80. The van der Waals surface area contributed by atoms with E-state index in [1.54, 1.807) is 25.3 Å². The van der Waals surface area contributed by atoms with Gasteiger partial charge in [-0.3, -0.25) is 0 Å². The fourth-order valence-corrected chi connectivity index (χ4v) is 2.01. The smallest absolute Gasteiger partial charge is 0.339 e. The molecule has 0 amide bonds. The molecule has 0 bridgehead atoms. The standard InChI is InChI=1S/C13H12N2O2S/c1-2-17-13(16)10-6-7-12(15-9-10)18-11-5-3-4-8-14-11/h3-9H,2H2,1H3. The fraction of sp³-hybridized carbons (Fsp3) is 0.154. The lowest BCUT2D eigenvalue weighted by molar-refractivity contribution is 0.0525. The van der Waals surface area contributed by atoms with Gasteiger partial charge in [0.2, 0.25) is 0 Å². The van der Waals surface area contributed by atoms with Crippen LogP contribution in [0, 0.1) is 0 Å². The van der Waals surface area contributed by atoms with Crippen molar-refractivity contribution in [3.05, 3.63) is 48.3 Å². The number of carbonyl (C=O) groups is 1. The summed E-state index contributed by atoms with van der Waals surface area (Å²) in [5.41, 5.74) is 0.460. The van der Waals surface area contributed by atoms with E-state index in [2.05, 4.69) is 9.97 Å². The summed E-state index contributed by atoms with van der Waals surface area (Å²) in [6.45, 7) is 2.14. The molecule has 0 spiro atoms. The number of esters is 1. The molecule has 0 N–H and O–H groups in total. The van der Waals surface area contributed by atoms with Gasteiger partial charge in [0.1, 0.15) is 10.1 Å². The minimum absolute atomic E-state index is 0.348. The van der Waals surface area contributed by atoms with Gasteiger partial charge in [0.15, 0.2) is 0 Å². The second-order valence-corrected chi connectivity index (χ2v) is 4.42. The van der Waals surface area contributed by atoms with Gasteiger partial charge >= 0.3 is 5.97 Å². The molecule has 2 aromatic rings. The van der Waals surface area contributed by atoms with Crippen LogP contribution in [0.3, 0.4) is 0 Å². The molecule has 0 aromatic carbocycles. The summed E-state index contributed by atoms with van der Waals surface area (Å²) in [5.74, 6) is -0.348. The molecule has 0 aliphatic rings. The average Bonchev–Trinajstić information content (AvgIpc) is 2.41. The van der Waals surface area contributed by atoms with Crippen LogP contribution in [0.1, 0.15) is 17.3 Å². The zero-order chi connectivity index (χ0) is 12.8. The molecule has 0 unspecified atom stereocenters. The van der Waals surface area contributed by atoms with E-state index in [-0.39, 0.29) is 5.97 Å². The van der Waals surface area contributed by atoms with Crippen LogP contribution in [-0.4, -0.2) is 22.5 Å². The third-order valence-corrected chi connectivity index (χ3v) is 3.00. The lowest BCUT2D eigenvalue weighted by Crippen LogP contribution is -2.04. The Morgan fingerprint density at radius 3 is 2.67 bits per heavy atom. The van der Waals surface area contributed by atoms with Gasteiger partial charge < -0.3 is 4.74 Å². The highest BCUT2D eigenvalue weighted by atomic mass is 32.2. The van der Waals surface area contributed by atoms with Crippen molar-refractivity contribution in [3.8, 4) is 0 Å². The van der Waals surface area contributed by atoms with E-state index in [0.29, 0.717) is 12.2 Å². The van der Waals surface area contributed by atoms with E-state index in [9.17, 15) is 4.79 Å². The Bertz CT molecular complexity index is 514. The number of aromatic nitrogens is 2. The summed E-state index contributed by atoms with van der Waals surface area (Å²) in [6.07, 6.45) is 3.25. The van der Waals surface area contributed by atoms with Gasteiger partial charge in [-0.2, -0.15) is 0 Å². The largest absolute Gasteiger partial charge is 0.462 e. The SMILES string of the molecule is CCOC(=O)c1ccc(Sc2ccccn2)nc1. The fourth-order valence-electron chi connectivity index (χ4n) is 1.29. The first-order valence-corrected chi connectivity index (χ1v) is 6.33. The summed E-state index contributed by atoms with van der Waals surface area (Å²) in [5, 5.41) is 1.66. The van der Waals surface area contributed by atoms with Crippen LogP contribution in [0.15, 0.2) is 52.8 Å². The third kappa shape index (κ3) is 3.30. The molecule has 0 aliphatic carbocycles. The monoisotopic (exact) mass is 260 g/mol. The zero-order valence-corrected chi connectivity index (χ0v) is 10.7. The van der Waals surface area contributed by atoms with E-state index in [1.807, 2.05) is 18.2 Å². The highest BCUT2D eigenvalue weighted by Crippen LogP contribution is 2.23. The van der Waals surface area contributed by atoms with Crippen LogP contribution in [0.2, 0.25) is 0 Å². The third-order valence-electron chi connectivity index (χ3n) is 2.09. The molecular weight excluding hydrogens is 248 g/mol. The number of hydrogen-bond acceptors (Lipinski definition) is 5. The van der Waals surface area contributed by atoms with Crippen molar-refractivity contribution in [2.45, 2.75) is 17.0 Å². The first-order valence-electron chi connectivity index (χ1n) is 5.51. The van der Waals surface area contributed by atoms with Crippen LogP contribution < -0.4 is 0 Å². The summed E-state index contributed by atoms with van der Waals surface area (Å²) in [6, 6.07) is 9.18. The maximum atomic E-state index is 11.4. The number of ether oxygens (including phenoxy) is 1. The predicted molar refractivity (Wildman–Crippen MR) is 68.6 cm³/mol. The summed E-state index contributed by atoms with van der Waals surface area (Å²) in [7, 11) is 0. The zero-order valence-electron chi connectivity index (χ0n) is 9.87. The molecule has 2 aromatic heterocycles. The van der Waals surface area contributed by atoms with Crippen molar-refractivity contribution < 1.29 is 9.53 Å². The maximum Gasteiger partial charge on any atom is 0.339 e. The normalized spacial score (nSPS) is 10.1. The topological polar surface area (TPSA) is 52.1 Å². The molecule has 0 saturated carbocycles. The van der Waals surface area contributed by atoms with Gasteiger partial charge in [0.05, 0.1) is 12.2 Å². The van der Waals surface area contributed by atoms with E-state index in [1.165, 1.54) is 18.0 Å². The Kier molecular flexibility index (Phi) is 4.30. The van der Waals surface area contributed by atoms with Gasteiger partial charge in [0, 0.05) is 12.4 Å². The van der Waals surface area contributed by atoms with Crippen LogP contribution in [-0.2, 0) is 4.74 Å². The molecule has 0 atom stereocenters. The number of carbonyl (C=O) groups excluding carboxylic acids is 1. The van der Waals surface area contributed by atoms with Crippen LogP contribution in [0.4, 0.5) is 0 Å². The first-order chi connectivity index (χ1) is 8.79. The highest BCUT2D eigenvalue weighted by molar-refractivity contribution is 7.99. The van der Waals surface area contributed by atoms with Crippen LogP contribution in [0.25, 0.3) is 0 Å². The first kappa shape index (κ1) is 12.6. The number of nitrogens with zero attached hydrogens (tertiary/aromatic N) is 2. The molecule has 0 aliphatic heterocycles. The molecule has 18 heavy (non-hydrogen) atoms. The second-order valence-electron chi connectivity index (χ2n) is 3.38. The molecule has 0 radical (unpaired) electrons. The van der Waals surface area contributed by atoms with E-state index in [4.69, 9.17) is 4.74 Å². The highest BCUT2D eigenvalue weighted by Gasteiger charge is 2.07. The van der Waals surface area contributed by atoms with Gasteiger partial charge in [0.25, 0.3) is 0 Å². The van der Waals surface area contributed by atoms with Gasteiger partial charge in [-0.1, -0.05) is 17.8 Å². The van der Waals surface area contributed by atoms with Crippen molar-refractivity contribution >= 4 is 17.7 Å². The minimum Gasteiger partial charge on any atom is -0.462 e. The van der Waals surface area contributed by atoms with Crippen molar-refractivity contribution in [3.63, 3.8) is 0 Å². The van der Waals surface area contributed by atoms with Crippen molar-refractivity contribution in [2.75, 3.05) is 6.61 Å². The Labute approximate surface area is 109 Å². The number of rotatable bonds is 4. The van der Waals surface area contributed by atoms with Crippen molar-refractivity contribution in [1.29, 1.82) is 0 Å². The quantitative estimate of drug-likeness (QED) is 0.791. The number of hydrogen-bond donors (Lipinski definition) is 0. The summed E-state index contributed by atoms with van der Waals surface area (Å²) in [4.78, 5) is 19.8. The Hall–Kier alpha value is -1.88. The minimum atomic E-state index is -0.348. The van der Waals surface area contributed by atoms with Crippen molar-refractivity contribution in [1.82, 2.24) is 9.97 Å². The van der Waals surface area contributed by atoms with Crippen LogP contribution in [0.5, 0.6) is 0 Å². The second kappa shape index (κ2) is 6.16.